The number of amides is 1. The molecule has 0 unspecified atom stereocenters. The number of hydrogen-bond acceptors (Lipinski definition) is 9. The van der Waals surface area contributed by atoms with Crippen LogP contribution in [0.1, 0.15) is 43.9 Å². The molecule has 1 aliphatic carbocycles. The van der Waals surface area contributed by atoms with Gasteiger partial charge in [0.05, 0.1) is 31.5 Å². The number of benzene rings is 1. The molecular formula is C29H34N4O5S. The molecule has 10 heteroatoms. The molecule has 0 spiro atoms. The van der Waals surface area contributed by atoms with E-state index in [0.717, 1.165) is 38.6 Å². The highest BCUT2D eigenvalue weighted by Crippen LogP contribution is 2.45. The number of fused-ring (bicyclic) bond motifs is 1. The third kappa shape index (κ3) is 4.98. The first kappa shape index (κ1) is 27.1. The Morgan fingerprint density at radius 2 is 2.05 bits per heavy atom. The van der Waals surface area contributed by atoms with Crippen molar-refractivity contribution in [2.75, 3.05) is 20.8 Å². The second kappa shape index (κ2) is 10.6. The first-order valence-electron chi connectivity index (χ1n) is 13.1. The summed E-state index contributed by atoms with van der Waals surface area (Å²) in [7, 11) is 2.97. The van der Waals surface area contributed by atoms with Crippen LogP contribution in [0, 0.1) is 12.8 Å². The summed E-state index contributed by atoms with van der Waals surface area (Å²) in [4.78, 5) is 35.2. The Bertz CT molecular complexity index is 1440. The third-order valence-electron chi connectivity index (χ3n) is 7.60. The lowest BCUT2D eigenvalue weighted by Crippen LogP contribution is -2.51. The number of carbonyl (C=O) groups is 2. The summed E-state index contributed by atoms with van der Waals surface area (Å²) in [5, 5.41) is 9.90. The van der Waals surface area contributed by atoms with Gasteiger partial charge >= 0.3 is 5.97 Å². The molecule has 3 aromatic rings. The Morgan fingerprint density at radius 1 is 1.26 bits per heavy atom. The monoisotopic (exact) mass is 550 g/mol. The molecule has 1 saturated carbocycles. The van der Waals surface area contributed by atoms with E-state index in [1.807, 2.05) is 25.1 Å². The number of pyridine rings is 1. The molecule has 2 N–H and O–H groups in total. The Balaban J connectivity index is 1.39. The molecule has 0 radical (unpaired) electrons. The van der Waals surface area contributed by atoms with Crippen molar-refractivity contribution in [2.24, 2.45) is 5.92 Å². The maximum absolute atomic E-state index is 13.1. The largest absolute Gasteiger partial charge is 0.496 e. The molecule has 206 valence electrons. The van der Waals surface area contributed by atoms with Gasteiger partial charge in [-0.1, -0.05) is 19.9 Å². The maximum Gasteiger partial charge on any atom is 0.332 e. The standard InChI is InChI=1S/C29H34N4O5S/c1-7-17-12-29(17,28(35)37-6)33-26(34)20-10-18(13-30-20)38-24-11-21(27-32-22(14-39-27)15(2)3)31-25-16(4)23(36-5)9-8-19(24)25/h7-9,11,14-15,17-18,20,30H,1,10,12-13H2,2-6H3,(H,33,34)/t17-,18-,20+,29-/m1/s1. The number of methoxy groups -OCH3 is 2. The van der Waals surface area contributed by atoms with Gasteiger partial charge in [0.1, 0.15) is 33.8 Å². The van der Waals surface area contributed by atoms with E-state index in [0.29, 0.717) is 31.1 Å². The van der Waals surface area contributed by atoms with Crippen molar-refractivity contribution in [1.82, 2.24) is 20.6 Å². The van der Waals surface area contributed by atoms with Crippen molar-refractivity contribution in [3.8, 4) is 22.2 Å². The maximum atomic E-state index is 13.1. The average molecular weight is 551 g/mol. The van der Waals surface area contributed by atoms with Crippen LogP contribution in [-0.2, 0) is 14.3 Å². The molecule has 9 nitrogen and oxygen atoms in total. The van der Waals surface area contributed by atoms with Gasteiger partial charge in [0.25, 0.3) is 0 Å². The zero-order chi connectivity index (χ0) is 27.9. The first-order valence-corrected chi connectivity index (χ1v) is 14.0. The lowest BCUT2D eigenvalue weighted by molar-refractivity contribution is -0.147. The SMILES string of the molecule is C=C[C@@H]1C[C@]1(NC(=O)[C@@H]1C[C@@H](Oc2cc(-c3nc(C(C)C)cs3)nc3c(C)c(OC)ccc23)CN1)C(=O)OC. The van der Waals surface area contributed by atoms with Gasteiger partial charge in [-0.3, -0.25) is 4.79 Å². The fourth-order valence-electron chi connectivity index (χ4n) is 5.14. The highest BCUT2D eigenvalue weighted by atomic mass is 32.1. The van der Waals surface area contributed by atoms with E-state index in [-0.39, 0.29) is 17.9 Å². The summed E-state index contributed by atoms with van der Waals surface area (Å²) in [5.41, 5.74) is 2.43. The van der Waals surface area contributed by atoms with Crippen molar-refractivity contribution in [1.29, 1.82) is 0 Å². The molecule has 3 heterocycles. The van der Waals surface area contributed by atoms with E-state index in [9.17, 15) is 9.59 Å². The summed E-state index contributed by atoms with van der Waals surface area (Å²) in [6.07, 6.45) is 2.37. The molecule has 5 rings (SSSR count). The number of aryl methyl sites for hydroxylation is 1. The molecule has 1 aromatic carbocycles. The summed E-state index contributed by atoms with van der Waals surface area (Å²) in [6.45, 7) is 10.5. The fourth-order valence-corrected chi connectivity index (χ4v) is 6.08. The van der Waals surface area contributed by atoms with E-state index in [4.69, 9.17) is 24.2 Å². The van der Waals surface area contributed by atoms with Crippen molar-refractivity contribution < 1.29 is 23.8 Å². The minimum Gasteiger partial charge on any atom is -0.496 e. The van der Waals surface area contributed by atoms with E-state index in [2.05, 4.69) is 36.4 Å². The lowest BCUT2D eigenvalue weighted by Gasteiger charge is -2.19. The van der Waals surface area contributed by atoms with E-state index in [1.54, 1.807) is 24.5 Å². The molecule has 4 atom stereocenters. The zero-order valence-corrected chi connectivity index (χ0v) is 23.7. The van der Waals surface area contributed by atoms with E-state index >= 15 is 0 Å². The summed E-state index contributed by atoms with van der Waals surface area (Å²) in [5.74, 6) is 0.908. The first-order chi connectivity index (χ1) is 18.7. The number of thiazole rings is 1. The number of ether oxygens (including phenoxy) is 3. The highest BCUT2D eigenvalue weighted by Gasteiger charge is 2.61. The van der Waals surface area contributed by atoms with Crippen molar-refractivity contribution in [3.63, 3.8) is 0 Å². The average Bonchev–Trinajstić information content (AvgIpc) is 3.26. The van der Waals surface area contributed by atoms with Gasteiger partial charge in [-0.15, -0.1) is 17.9 Å². The Labute approximate surface area is 232 Å². The third-order valence-corrected chi connectivity index (χ3v) is 8.48. The quantitative estimate of drug-likeness (QED) is 0.302. The van der Waals surface area contributed by atoms with Gasteiger partial charge in [-0.2, -0.15) is 0 Å². The normalized spacial score (nSPS) is 24.0. The van der Waals surface area contributed by atoms with Crippen molar-refractivity contribution >= 4 is 34.1 Å². The van der Waals surface area contributed by atoms with Gasteiger partial charge < -0.3 is 24.8 Å². The molecule has 2 fully saturated rings. The van der Waals surface area contributed by atoms with Crippen LogP contribution in [-0.4, -0.2) is 60.3 Å². The molecule has 1 saturated heterocycles. The van der Waals surface area contributed by atoms with Crippen LogP contribution in [0.25, 0.3) is 21.6 Å². The Morgan fingerprint density at radius 3 is 2.69 bits per heavy atom. The fraction of sp³-hybridized carbons (Fsp3) is 0.448. The second-order valence-electron chi connectivity index (χ2n) is 10.5. The summed E-state index contributed by atoms with van der Waals surface area (Å²) in [6, 6.07) is 5.29. The van der Waals surface area contributed by atoms with Gasteiger partial charge in [-0.25, -0.2) is 14.8 Å². The Kier molecular flexibility index (Phi) is 7.35. The lowest BCUT2D eigenvalue weighted by atomic mass is 10.1. The van der Waals surface area contributed by atoms with Gasteiger partial charge in [0.15, 0.2) is 0 Å². The number of esters is 1. The van der Waals surface area contributed by atoms with Gasteiger partial charge in [-0.05, 0) is 31.4 Å². The van der Waals surface area contributed by atoms with Crippen molar-refractivity contribution in [2.45, 2.75) is 57.2 Å². The van der Waals surface area contributed by atoms with Gasteiger partial charge in [0, 0.05) is 41.3 Å². The van der Waals surface area contributed by atoms with E-state index in [1.165, 1.54) is 7.11 Å². The topological polar surface area (TPSA) is 112 Å². The predicted octanol–water partition coefficient (Wildman–Crippen LogP) is 4.14. The smallest absolute Gasteiger partial charge is 0.332 e. The Hall–Kier alpha value is -3.50. The minimum absolute atomic E-state index is 0.133. The van der Waals surface area contributed by atoms with Crippen LogP contribution in [0.2, 0.25) is 0 Å². The van der Waals surface area contributed by atoms with Crippen LogP contribution < -0.4 is 20.1 Å². The summed E-state index contributed by atoms with van der Waals surface area (Å²) >= 11 is 1.56. The number of hydrogen-bond donors (Lipinski definition) is 2. The number of aromatic nitrogens is 2. The van der Waals surface area contributed by atoms with E-state index < -0.39 is 17.6 Å². The summed E-state index contributed by atoms with van der Waals surface area (Å²) < 4.78 is 17.0. The second-order valence-corrected chi connectivity index (χ2v) is 11.3. The molecule has 39 heavy (non-hydrogen) atoms. The minimum atomic E-state index is -1.02. The van der Waals surface area contributed by atoms with Crippen LogP contribution >= 0.6 is 11.3 Å². The molecule has 1 aliphatic heterocycles. The number of rotatable bonds is 9. The molecular weight excluding hydrogens is 516 g/mol. The predicted molar refractivity (Wildman–Crippen MR) is 150 cm³/mol. The molecule has 1 amide bonds. The molecule has 2 aromatic heterocycles. The highest BCUT2D eigenvalue weighted by molar-refractivity contribution is 7.13. The van der Waals surface area contributed by atoms with Crippen LogP contribution in [0.15, 0.2) is 36.2 Å². The van der Waals surface area contributed by atoms with Crippen LogP contribution in [0.5, 0.6) is 11.5 Å². The van der Waals surface area contributed by atoms with Crippen LogP contribution in [0.4, 0.5) is 0 Å². The van der Waals surface area contributed by atoms with Crippen LogP contribution in [0.3, 0.4) is 0 Å². The van der Waals surface area contributed by atoms with Crippen molar-refractivity contribution in [3.05, 3.63) is 47.5 Å². The zero-order valence-electron chi connectivity index (χ0n) is 22.9. The number of carbonyl (C=O) groups excluding carboxylic acids is 2. The number of nitrogens with zero attached hydrogens (tertiary/aromatic N) is 2. The molecule has 0 bridgehead atoms. The number of nitrogens with one attached hydrogen (secondary N) is 2. The molecule has 2 aliphatic rings. The van der Waals surface area contributed by atoms with Gasteiger partial charge in [0.2, 0.25) is 5.91 Å².